The molecule has 0 aliphatic carbocycles. The van der Waals surface area contributed by atoms with Gasteiger partial charge < -0.3 is 19.7 Å². The second-order valence-corrected chi connectivity index (χ2v) is 8.68. The summed E-state index contributed by atoms with van der Waals surface area (Å²) in [6.07, 6.45) is 2.19. The molecule has 3 atom stereocenters. The quantitative estimate of drug-likeness (QED) is 0.426. The third-order valence-corrected chi connectivity index (χ3v) is 6.28. The minimum Gasteiger partial charge on any atom is -0.394 e. The third kappa shape index (κ3) is 6.81. The molecule has 3 unspecified atom stereocenters. The lowest BCUT2D eigenvalue weighted by Crippen LogP contribution is -2.34. The molecule has 1 aliphatic rings. The summed E-state index contributed by atoms with van der Waals surface area (Å²) in [6.45, 7) is 4.75. The summed E-state index contributed by atoms with van der Waals surface area (Å²) in [5.74, 6) is 5.73. The number of aryl methyl sites for hydroxylation is 1. The van der Waals surface area contributed by atoms with Gasteiger partial charge in [0.05, 0.1) is 31.5 Å². The lowest BCUT2D eigenvalue weighted by molar-refractivity contribution is -0.114. The van der Waals surface area contributed by atoms with Crippen molar-refractivity contribution in [2.75, 3.05) is 19.8 Å². The van der Waals surface area contributed by atoms with Crippen LogP contribution in [-0.4, -0.2) is 42.2 Å². The SMILES string of the molecule is CC#CCOCCc1cc(Cl)c(Cc2ccc(CC)cc2)cc1C1CC(O)CC(CO)O1. The molecule has 32 heavy (non-hydrogen) atoms. The average molecular weight is 457 g/mol. The van der Waals surface area contributed by atoms with Crippen LogP contribution >= 0.6 is 11.6 Å². The van der Waals surface area contributed by atoms with E-state index in [-0.39, 0.29) is 18.8 Å². The molecule has 0 radical (unpaired) electrons. The normalized spacial score (nSPS) is 20.6. The van der Waals surface area contributed by atoms with Crippen LogP contribution in [0.5, 0.6) is 0 Å². The number of halogens is 1. The molecule has 0 aromatic heterocycles. The number of aliphatic hydroxyl groups excluding tert-OH is 2. The Morgan fingerprint density at radius 1 is 1.12 bits per heavy atom. The highest BCUT2D eigenvalue weighted by Crippen LogP contribution is 2.36. The van der Waals surface area contributed by atoms with E-state index in [0.29, 0.717) is 37.5 Å². The van der Waals surface area contributed by atoms with Crippen molar-refractivity contribution in [3.05, 3.63) is 69.2 Å². The Bertz CT molecular complexity index is 929. The van der Waals surface area contributed by atoms with E-state index in [0.717, 1.165) is 29.5 Å². The van der Waals surface area contributed by atoms with E-state index < -0.39 is 6.10 Å². The van der Waals surface area contributed by atoms with Gasteiger partial charge in [-0.1, -0.05) is 54.8 Å². The Hall–Kier alpha value is -1.87. The zero-order valence-electron chi connectivity index (χ0n) is 18.9. The maximum Gasteiger partial charge on any atom is 0.107 e. The predicted molar refractivity (Wildman–Crippen MR) is 128 cm³/mol. The highest BCUT2D eigenvalue weighted by Gasteiger charge is 2.30. The highest BCUT2D eigenvalue weighted by atomic mass is 35.5. The van der Waals surface area contributed by atoms with Gasteiger partial charge in [0.2, 0.25) is 0 Å². The van der Waals surface area contributed by atoms with Crippen molar-refractivity contribution >= 4 is 11.6 Å². The summed E-state index contributed by atoms with van der Waals surface area (Å²) < 4.78 is 11.8. The van der Waals surface area contributed by atoms with Crippen LogP contribution in [0, 0.1) is 11.8 Å². The van der Waals surface area contributed by atoms with Gasteiger partial charge >= 0.3 is 0 Å². The van der Waals surface area contributed by atoms with Crippen molar-refractivity contribution in [1.29, 1.82) is 0 Å². The second kappa shape index (κ2) is 12.4. The van der Waals surface area contributed by atoms with Crippen molar-refractivity contribution in [3.63, 3.8) is 0 Å². The lowest BCUT2D eigenvalue weighted by Gasteiger charge is -2.34. The monoisotopic (exact) mass is 456 g/mol. The fourth-order valence-corrected chi connectivity index (χ4v) is 4.38. The first-order valence-corrected chi connectivity index (χ1v) is 11.7. The first-order valence-electron chi connectivity index (χ1n) is 11.3. The van der Waals surface area contributed by atoms with Gasteiger partial charge in [-0.3, -0.25) is 0 Å². The van der Waals surface area contributed by atoms with Gasteiger partial charge in [-0.2, -0.15) is 0 Å². The van der Waals surface area contributed by atoms with Gasteiger partial charge in [-0.25, -0.2) is 0 Å². The van der Waals surface area contributed by atoms with Crippen LogP contribution in [0.1, 0.15) is 60.6 Å². The summed E-state index contributed by atoms with van der Waals surface area (Å²) in [4.78, 5) is 0. The summed E-state index contributed by atoms with van der Waals surface area (Å²) in [5, 5.41) is 20.7. The van der Waals surface area contributed by atoms with Crippen molar-refractivity contribution in [2.24, 2.45) is 0 Å². The van der Waals surface area contributed by atoms with E-state index in [1.54, 1.807) is 6.92 Å². The summed E-state index contributed by atoms with van der Waals surface area (Å²) in [5.41, 5.74) is 5.58. The largest absolute Gasteiger partial charge is 0.394 e. The Morgan fingerprint density at radius 3 is 2.56 bits per heavy atom. The van der Waals surface area contributed by atoms with E-state index in [2.05, 4.69) is 49.1 Å². The smallest absolute Gasteiger partial charge is 0.107 e. The maximum absolute atomic E-state index is 10.4. The van der Waals surface area contributed by atoms with E-state index in [1.165, 1.54) is 11.1 Å². The van der Waals surface area contributed by atoms with Gasteiger partial charge in [0.15, 0.2) is 0 Å². The summed E-state index contributed by atoms with van der Waals surface area (Å²) in [7, 11) is 0. The molecule has 2 N–H and O–H groups in total. The zero-order valence-corrected chi connectivity index (χ0v) is 19.7. The van der Waals surface area contributed by atoms with Crippen LogP contribution in [0.4, 0.5) is 0 Å². The van der Waals surface area contributed by atoms with Gasteiger partial charge in [-0.05, 0) is 60.1 Å². The lowest BCUT2D eigenvalue weighted by atomic mass is 9.89. The van der Waals surface area contributed by atoms with Crippen LogP contribution in [0.2, 0.25) is 5.02 Å². The Balaban J connectivity index is 1.87. The molecule has 0 bridgehead atoms. The fraction of sp³-hybridized carbons (Fsp3) is 0.481. The first kappa shape index (κ1) is 24.8. The number of rotatable bonds is 9. The Kier molecular flexibility index (Phi) is 9.59. The zero-order chi connectivity index (χ0) is 22.9. The molecule has 172 valence electrons. The number of aliphatic hydroxyl groups is 2. The molecule has 3 rings (SSSR count). The van der Waals surface area contributed by atoms with Gasteiger partial charge in [0.1, 0.15) is 6.61 Å². The molecule has 1 fully saturated rings. The summed E-state index contributed by atoms with van der Waals surface area (Å²) in [6, 6.07) is 12.7. The molecular weight excluding hydrogens is 424 g/mol. The van der Waals surface area contributed by atoms with E-state index in [9.17, 15) is 10.2 Å². The standard InChI is InChI=1S/C27H33ClO4/c1-3-5-11-31-12-10-21-15-26(28)22(13-20-8-6-19(4-2)7-9-20)14-25(21)27-17-23(30)16-24(18-29)32-27/h6-9,14-15,23-24,27,29-30H,4,10-13,16-18H2,1-2H3. The van der Waals surface area contributed by atoms with Gasteiger partial charge in [0.25, 0.3) is 0 Å². The molecule has 2 aromatic carbocycles. The van der Waals surface area contributed by atoms with Crippen LogP contribution in [-0.2, 0) is 28.7 Å². The fourth-order valence-electron chi connectivity index (χ4n) is 4.13. The highest BCUT2D eigenvalue weighted by molar-refractivity contribution is 6.31. The molecule has 0 amide bonds. The maximum atomic E-state index is 10.4. The predicted octanol–water partition coefficient (Wildman–Crippen LogP) is 4.65. The molecular formula is C27H33ClO4. The molecule has 5 heteroatoms. The van der Waals surface area contributed by atoms with Crippen LogP contribution in [0.25, 0.3) is 0 Å². The van der Waals surface area contributed by atoms with Crippen molar-refractivity contribution in [3.8, 4) is 11.8 Å². The minimum atomic E-state index is -0.504. The van der Waals surface area contributed by atoms with Crippen molar-refractivity contribution in [1.82, 2.24) is 0 Å². The van der Waals surface area contributed by atoms with E-state index in [1.807, 2.05) is 6.07 Å². The molecule has 1 saturated heterocycles. The molecule has 1 aliphatic heterocycles. The van der Waals surface area contributed by atoms with E-state index in [4.69, 9.17) is 21.1 Å². The number of hydrogen-bond acceptors (Lipinski definition) is 4. The third-order valence-electron chi connectivity index (χ3n) is 5.93. The molecule has 0 spiro atoms. The van der Waals surface area contributed by atoms with Crippen molar-refractivity contribution < 1.29 is 19.7 Å². The number of benzene rings is 2. The average Bonchev–Trinajstić information content (AvgIpc) is 2.80. The van der Waals surface area contributed by atoms with E-state index >= 15 is 0 Å². The Labute approximate surface area is 196 Å². The summed E-state index contributed by atoms with van der Waals surface area (Å²) >= 11 is 6.70. The first-order chi connectivity index (χ1) is 15.5. The minimum absolute atomic E-state index is 0.105. The molecule has 0 saturated carbocycles. The molecule has 4 nitrogen and oxygen atoms in total. The van der Waals surface area contributed by atoms with Crippen molar-refractivity contribution in [2.45, 2.75) is 64.3 Å². The molecule has 2 aromatic rings. The Morgan fingerprint density at radius 2 is 1.88 bits per heavy atom. The van der Waals surface area contributed by atoms with Crippen LogP contribution in [0.15, 0.2) is 36.4 Å². The van der Waals surface area contributed by atoms with Gasteiger partial charge in [-0.15, -0.1) is 5.92 Å². The second-order valence-electron chi connectivity index (χ2n) is 8.27. The van der Waals surface area contributed by atoms with Crippen LogP contribution in [0.3, 0.4) is 0 Å². The van der Waals surface area contributed by atoms with Gasteiger partial charge in [0, 0.05) is 17.9 Å². The molecule has 1 heterocycles. The van der Waals surface area contributed by atoms with Crippen LogP contribution < -0.4 is 0 Å². The number of ether oxygens (including phenoxy) is 2. The number of hydrogen-bond donors (Lipinski definition) is 2. The topological polar surface area (TPSA) is 58.9 Å².